The molecule has 104 valence electrons. The molecule has 2 aromatic rings. The normalized spacial score (nSPS) is 15.3. The SMILES string of the molecule is O=C(CNc1cnc2ccccc2n1)N1CCCCC1. The summed E-state index contributed by atoms with van der Waals surface area (Å²) in [6.45, 7) is 2.04. The van der Waals surface area contributed by atoms with Crippen molar-refractivity contribution in [3.8, 4) is 0 Å². The van der Waals surface area contributed by atoms with E-state index in [4.69, 9.17) is 0 Å². The number of rotatable bonds is 3. The fourth-order valence-corrected chi connectivity index (χ4v) is 2.46. The molecule has 0 atom stereocenters. The van der Waals surface area contributed by atoms with Crippen LogP contribution in [0.5, 0.6) is 0 Å². The number of likely N-dealkylation sites (tertiary alicyclic amines) is 1. The largest absolute Gasteiger partial charge is 0.360 e. The molecular weight excluding hydrogens is 252 g/mol. The number of nitrogens with one attached hydrogen (secondary N) is 1. The van der Waals surface area contributed by atoms with Crippen molar-refractivity contribution in [3.63, 3.8) is 0 Å². The molecule has 2 heterocycles. The second kappa shape index (κ2) is 5.86. The Bertz CT molecular complexity index is 608. The Kier molecular flexibility index (Phi) is 3.76. The van der Waals surface area contributed by atoms with Gasteiger partial charge in [-0.05, 0) is 31.4 Å². The zero-order valence-electron chi connectivity index (χ0n) is 11.4. The molecule has 1 fully saturated rings. The fourth-order valence-electron chi connectivity index (χ4n) is 2.46. The molecule has 1 aromatic heterocycles. The number of carbonyl (C=O) groups excluding carboxylic acids is 1. The van der Waals surface area contributed by atoms with Crippen LogP contribution in [0.2, 0.25) is 0 Å². The highest BCUT2D eigenvalue weighted by Crippen LogP contribution is 2.12. The van der Waals surface area contributed by atoms with Gasteiger partial charge in [-0.1, -0.05) is 12.1 Å². The third kappa shape index (κ3) is 2.87. The van der Waals surface area contributed by atoms with E-state index < -0.39 is 0 Å². The highest BCUT2D eigenvalue weighted by molar-refractivity contribution is 5.81. The summed E-state index contributed by atoms with van der Waals surface area (Å²) >= 11 is 0. The molecule has 5 heteroatoms. The van der Waals surface area contributed by atoms with Crippen LogP contribution in [-0.2, 0) is 4.79 Å². The van der Waals surface area contributed by atoms with E-state index in [-0.39, 0.29) is 12.5 Å². The Morgan fingerprint density at radius 2 is 1.90 bits per heavy atom. The van der Waals surface area contributed by atoms with Gasteiger partial charge in [0.05, 0.1) is 23.8 Å². The number of fused-ring (bicyclic) bond motifs is 1. The van der Waals surface area contributed by atoms with Gasteiger partial charge in [0.15, 0.2) is 0 Å². The van der Waals surface area contributed by atoms with Crippen molar-refractivity contribution < 1.29 is 4.79 Å². The van der Waals surface area contributed by atoms with Gasteiger partial charge in [-0.3, -0.25) is 9.78 Å². The third-order valence-corrected chi connectivity index (χ3v) is 3.58. The minimum atomic E-state index is 0.139. The fraction of sp³-hybridized carbons (Fsp3) is 0.400. The lowest BCUT2D eigenvalue weighted by molar-refractivity contribution is -0.130. The molecule has 1 aromatic carbocycles. The van der Waals surface area contributed by atoms with Crippen LogP contribution in [0.25, 0.3) is 11.0 Å². The molecule has 20 heavy (non-hydrogen) atoms. The Morgan fingerprint density at radius 3 is 2.70 bits per heavy atom. The summed E-state index contributed by atoms with van der Waals surface area (Å²) in [4.78, 5) is 22.7. The zero-order valence-corrected chi connectivity index (χ0v) is 11.4. The van der Waals surface area contributed by atoms with Crippen LogP contribution in [0.1, 0.15) is 19.3 Å². The smallest absolute Gasteiger partial charge is 0.241 e. The molecule has 1 amide bonds. The van der Waals surface area contributed by atoms with Gasteiger partial charge < -0.3 is 10.2 Å². The lowest BCUT2D eigenvalue weighted by Crippen LogP contribution is -2.39. The summed E-state index contributed by atoms with van der Waals surface area (Å²) in [5.74, 6) is 0.786. The van der Waals surface area contributed by atoms with E-state index in [2.05, 4.69) is 15.3 Å². The number of amides is 1. The standard InChI is InChI=1S/C15H18N4O/c20-15(19-8-4-1-5-9-19)11-17-14-10-16-12-6-2-3-7-13(12)18-14/h2-3,6-7,10H,1,4-5,8-9,11H2,(H,17,18). The Morgan fingerprint density at radius 1 is 1.15 bits per heavy atom. The summed E-state index contributed by atoms with van der Waals surface area (Å²) in [7, 11) is 0. The maximum atomic E-state index is 12.1. The number of aromatic nitrogens is 2. The van der Waals surface area contributed by atoms with Crippen molar-refractivity contribution in [2.24, 2.45) is 0 Å². The number of benzene rings is 1. The molecule has 1 aliphatic rings. The van der Waals surface area contributed by atoms with Gasteiger partial charge in [0.2, 0.25) is 5.91 Å². The molecular formula is C15H18N4O. The topological polar surface area (TPSA) is 58.1 Å². The van der Waals surface area contributed by atoms with E-state index in [0.29, 0.717) is 5.82 Å². The maximum Gasteiger partial charge on any atom is 0.241 e. The Balaban J connectivity index is 1.62. The van der Waals surface area contributed by atoms with Crippen LogP contribution >= 0.6 is 0 Å². The second-order valence-electron chi connectivity index (χ2n) is 5.04. The van der Waals surface area contributed by atoms with Crippen LogP contribution in [-0.4, -0.2) is 40.4 Å². The van der Waals surface area contributed by atoms with Gasteiger partial charge in [-0.25, -0.2) is 4.98 Å². The number of hydrogen-bond acceptors (Lipinski definition) is 4. The van der Waals surface area contributed by atoms with E-state index in [1.165, 1.54) is 6.42 Å². The molecule has 0 unspecified atom stereocenters. The van der Waals surface area contributed by atoms with Gasteiger partial charge >= 0.3 is 0 Å². The molecule has 0 spiro atoms. The lowest BCUT2D eigenvalue weighted by Gasteiger charge is -2.26. The molecule has 1 N–H and O–H groups in total. The highest BCUT2D eigenvalue weighted by Gasteiger charge is 2.15. The predicted octanol–water partition coefficient (Wildman–Crippen LogP) is 2.05. The highest BCUT2D eigenvalue weighted by atomic mass is 16.2. The van der Waals surface area contributed by atoms with Crippen LogP contribution in [0.15, 0.2) is 30.5 Å². The maximum absolute atomic E-state index is 12.1. The van der Waals surface area contributed by atoms with E-state index in [9.17, 15) is 4.79 Å². The molecule has 3 rings (SSSR count). The first-order chi connectivity index (χ1) is 9.83. The minimum absolute atomic E-state index is 0.139. The van der Waals surface area contributed by atoms with Crippen molar-refractivity contribution in [2.45, 2.75) is 19.3 Å². The molecule has 1 aliphatic heterocycles. The Hall–Kier alpha value is -2.17. The number of piperidine rings is 1. The minimum Gasteiger partial charge on any atom is -0.360 e. The van der Waals surface area contributed by atoms with E-state index in [0.717, 1.165) is 37.0 Å². The molecule has 0 bridgehead atoms. The monoisotopic (exact) mass is 270 g/mol. The lowest BCUT2D eigenvalue weighted by atomic mass is 10.1. The number of nitrogens with zero attached hydrogens (tertiary/aromatic N) is 3. The first kappa shape index (κ1) is 12.8. The summed E-state index contributed by atoms with van der Waals surface area (Å²) in [6, 6.07) is 7.70. The first-order valence-corrected chi connectivity index (χ1v) is 7.06. The summed E-state index contributed by atoms with van der Waals surface area (Å²) < 4.78 is 0. The average molecular weight is 270 g/mol. The van der Waals surface area contributed by atoms with Gasteiger partial charge in [0.1, 0.15) is 5.82 Å². The summed E-state index contributed by atoms with van der Waals surface area (Å²) in [6.07, 6.45) is 5.13. The molecule has 0 radical (unpaired) electrons. The van der Waals surface area contributed by atoms with Crippen LogP contribution < -0.4 is 5.32 Å². The van der Waals surface area contributed by atoms with Gasteiger partial charge in [0.25, 0.3) is 0 Å². The first-order valence-electron chi connectivity index (χ1n) is 7.06. The Labute approximate surface area is 118 Å². The van der Waals surface area contributed by atoms with Gasteiger partial charge in [0, 0.05) is 13.1 Å². The molecule has 1 saturated heterocycles. The second-order valence-corrected chi connectivity index (χ2v) is 5.04. The predicted molar refractivity (Wildman–Crippen MR) is 78.5 cm³/mol. The number of carbonyl (C=O) groups is 1. The van der Waals surface area contributed by atoms with Crippen LogP contribution in [0.4, 0.5) is 5.82 Å². The van der Waals surface area contributed by atoms with E-state index >= 15 is 0 Å². The van der Waals surface area contributed by atoms with E-state index in [1.54, 1.807) is 6.20 Å². The van der Waals surface area contributed by atoms with Gasteiger partial charge in [-0.15, -0.1) is 0 Å². The van der Waals surface area contributed by atoms with Crippen LogP contribution in [0, 0.1) is 0 Å². The molecule has 5 nitrogen and oxygen atoms in total. The van der Waals surface area contributed by atoms with E-state index in [1.807, 2.05) is 29.2 Å². The summed E-state index contributed by atoms with van der Waals surface area (Å²) in [5, 5.41) is 3.07. The van der Waals surface area contributed by atoms with Crippen molar-refractivity contribution in [1.29, 1.82) is 0 Å². The molecule has 0 saturated carbocycles. The van der Waals surface area contributed by atoms with Crippen molar-refractivity contribution >= 4 is 22.8 Å². The third-order valence-electron chi connectivity index (χ3n) is 3.58. The number of hydrogen-bond donors (Lipinski definition) is 1. The zero-order chi connectivity index (χ0) is 13.8. The quantitative estimate of drug-likeness (QED) is 0.927. The van der Waals surface area contributed by atoms with Crippen LogP contribution in [0.3, 0.4) is 0 Å². The molecule has 0 aliphatic carbocycles. The van der Waals surface area contributed by atoms with Crippen molar-refractivity contribution in [2.75, 3.05) is 25.0 Å². The van der Waals surface area contributed by atoms with Gasteiger partial charge in [-0.2, -0.15) is 0 Å². The van der Waals surface area contributed by atoms with Crippen molar-refractivity contribution in [1.82, 2.24) is 14.9 Å². The van der Waals surface area contributed by atoms with Crippen molar-refractivity contribution in [3.05, 3.63) is 30.5 Å². The summed E-state index contributed by atoms with van der Waals surface area (Å²) in [5.41, 5.74) is 1.70. The number of anilines is 1. The number of para-hydroxylation sites is 2. The average Bonchev–Trinajstić information content (AvgIpc) is 2.53.